The fourth-order valence-corrected chi connectivity index (χ4v) is 8.39. The maximum Gasteiger partial charge on any atom is 0.350 e. The highest BCUT2D eigenvalue weighted by Gasteiger charge is 2.85. The van der Waals surface area contributed by atoms with Crippen molar-refractivity contribution in [2.75, 3.05) is 26.7 Å². The molecule has 0 saturated carbocycles. The molecule has 7 N–H and O–H groups in total. The third-order valence-electron chi connectivity index (χ3n) is 11.1. The van der Waals surface area contributed by atoms with Gasteiger partial charge in [-0.1, -0.05) is 74.9 Å². The Morgan fingerprint density at radius 1 is 1.25 bits per heavy atom. The molecular formula is C41H54N6O5. The summed E-state index contributed by atoms with van der Waals surface area (Å²) in [6, 6.07) is 5.11. The van der Waals surface area contributed by atoms with E-state index in [1.807, 2.05) is 31.2 Å². The molecule has 1 aromatic rings. The van der Waals surface area contributed by atoms with Crippen LogP contribution in [0.2, 0.25) is 0 Å². The Hall–Kier alpha value is -4.48. The molecule has 1 aromatic carbocycles. The highest BCUT2D eigenvalue weighted by atomic mass is 16.7. The minimum absolute atomic E-state index is 0.0185. The fraction of sp³-hybridized carbons (Fsp3) is 0.512. The van der Waals surface area contributed by atoms with Gasteiger partial charge in [0, 0.05) is 43.1 Å². The summed E-state index contributed by atoms with van der Waals surface area (Å²) in [6.45, 7) is 9.58. The smallest absolute Gasteiger partial charge is 0.350 e. The summed E-state index contributed by atoms with van der Waals surface area (Å²) in [5.41, 5.74) is 12.9. The molecule has 1 fully saturated rings. The average Bonchev–Trinajstić information content (AvgIpc) is 3.84. The van der Waals surface area contributed by atoms with Crippen LogP contribution in [-0.2, 0) is 20.7 Å². The fourth-order valence-electron chi connectivity index (χ4n) is 8.39. The zero-order chi connectivity index (χ0) is 37.2. The number of allylic oxidation sites excluding steroid dienone is 3. The van der Waals surface area contributed by atoms with Crippen molar-refractivity contribution < 1.29 is 23.9 Å². The predicted molar refractivity (Wildman–Crippen MR) is 202 cm³/mol. The third kappa shape index (κ3) is 7.00. The molecule has 0 amide bonds. The minimum Gasteiger partial charge on any atom is -0.463 e. The summed E-state index contributed by atoms with van der Waals surface area (Å²) in [6.07, 6.45) is 16.5. The number of nitrogens with zero attached hydrogens (tertiary/aromatic N) is 1. The molecule has 6 unspecified atom stereocenters. The largest absolute Gasteiger partial charge is 0.463 e. The van der Waals surface area contributed by atoms with E-state index in [9.17, 15) is 14.4 Å². The van der Waals surface area contributed by atoms with Crippen molar-refractivity contribution in [3.05, 3.63) is 93.9 Å². The number of aliphatic imine (C=N–C) groups is 1. The number of hydrogen-bond donors (Lipinski definition) is 5. The number of benzene rings is 1. The van der Waals surface area contributed by atoms with E-state index >= 15 is 0 Å². The number of nitrogens with two attached hydrogens (primary N) is 2. The first-order valence-corrected chi connectivity index (χ1v) is 18.7. The van der Waals surface area contributed by atoms with Crippen LogP contribution in [0, 0.1) is 17.8 Å². The first kappa shape index (κ1) is 37.3. The molecule has 278 valence electrons. The van der Waals surface area contributed by atoms with Gasteiger partial charge in [0.15, 0.2) is 17.3 Å². The topological polar surface area (TPSA) is 173 Å². The number of Topliss-reactive ketones (excluding diaryl/α,β-unsaturated/α-hetero) is 2. The van der Waals surface area contributed by atoms with Crippen LogP contribution in [-0.4, -0.2) is 73.5 Å². The van der Waals surface area contributed by atoms with Crippen LogP contribution in [0.15, 0.2) is 82.2 Å². The van der Waals surface area contributed by atoms with Gasteiger partial charge in [-0.3, -0.25) is 14.6 Å². The van der Waals surface area contributed by atoms with Crippen LogP contribution in [0.5, 0.6) is 0 Å². The second-order valence-electron chi connectivity index (χ2n) is 15.2. The van der Waals surface area contributed by atoms with Crippen molar-refractivity contribution in [1.29, 1.82) is 0 Å². The van der Waals surface area contributed by atoms with Crippen LogP contribution in [0.4, 0.5) is 0 Å². The molecular weight excluding hydrogens is 656 g/mol. The lowest BCUT2D eigenvalue weighted by Crippen LogP contribution is -2.51. The van der Waals surface area contributed by atoms with Crippen molar-refractivity contribution in [3.8, 4) is 0 Å². The number of guanidine groups is 1. The number of fused-ring (bicyclic) bond motifs is 3. The van der Waals surface area contributed by atoms with Gasteiger partial charge in [-0.25, -0.2) is 4.79 Å². The molecule has 5 aliphatic rings. The van der Waals surface area contributed by atoms with E-state index in [4.69, 9.17) is 20.9 Å². The van der Waals surface area contributed by atoms with E-state index in [1.165, 1.54) is 5.57 Å². The standard InChI is InChI=1S/C41H54N6O5/c1-6-45-32-21-27-11-8-7-10-26(27)20-30(32)23-51-38(50)41-37(49)35-29(18-24(2)3)12-9-13-31(35)36(48)40(41,52-41)16-14-25(4)19-33(47-39(43)44-5)28-15-17-46-34(42)22-28/h8-9,11-15,21-22,24,26,30,32-33,45-46H,6-7,10,16-20,23,42H2,1-5H3,(H3,43,44,47). The number of ether oxygens (including phenoxy) is 2. The molecule has 0 spiro atoms. The van der Waals surface area contributed by atoms with Gasteiger partial charge < -0.3 is 36.9 Å². The normalized spacial score (nSPS) is 28.8. The van der Waals surface area contributed by atoms with Gasteiger partial charge in [-0.05, 0) is 80.2 Å². The first-order chi connectivity index (χ1) is 24.9. The molecule has 2 heterocycles. The summed E-state index contributed by atoms with van der Waals surface area (Å²) in [5, 5.41) is 9.88. The second kappa shape index (κ2) is 15.2. The Labute approximate surface area is 307 Å². The Bertz CT molecular complexity index is 1790. The number of dihydropyridines is 1. The molecule has 2 aliphatic heterocycles. The number of likely N-dealkylation sites (N-methyl/N-ethyl adjacent to an activating group) is 1. The summed E-state index contributed by atoms with van der Waals surface area (Å²) in [5.74, 6) is -0.180. The van der Waals surface area contributed by atoms with Crippen LogP contribution >= 0.6 is 0 Å². The van der Waals surface area contributed by atoms with Gasteiger partial charge in [-0.15, -0.1) is 0 Å². The maximum absolute atomic E-state index is 14.7. The number of hydrogen-bond acceptors (Lipinski definition) is 9. The molecule has 6 rings (SSSR count). The van der Waals surface area contributed by atoms with Crippen molar-refractivity contribution in [3.63, 3.8) is 0 Å². The molecule has 0 radical (unpaired) electrons. The number of esters is 1. The minimum atomic E-state index is -2.05. The van der Waals surface area contributed by atoms with E-state index in [2.05, 4.69) is 59.9 Å². The van der Waals surface area contributed by atoms with E-state index in [-0.39, 0.29) is 54.3 Å². The lowest BCUT2D eigenvalue weighted by molar-refractivity contribution is -0.150. The van der Waals surface area contributed by atoms with Gasteiger partial charge in [0.2, 0.25) is 5.78 Å². The molecule has 3 aliphatic carbocycles. The monoisotopic (exact) mass is 710 g/mol. The van der Waals surface area contributed by atoms with Crippen molar-refractivity contribution >= 4 is 23.5 Å². The van der Waals surface area contributed by atoms with E-state index in [0.717, 1.165) is 42.5 Å². The molecule has 1 saturated heterocycles. The number of carbonyl (C=O) groups is 3. The molecule has 52 heavy (non-hydrogen) atoms. The number of nitrogens with one attached hydrogen (secondary N) is 3. The quantitative estimate of drug-likeness (QED) is 0.0500. The second-order valence-corrected chi connectivity index (χ2v) is 15.2. The zero-order valence-electron chi connectivity index (χ0n) is 31.1. The lowest BCUT2D eigenvalue weighted by atomic mass is 9.70. The third-order valence-corrected chi connectivity index (χ3v) is 11.1. The highest BCUT2D eigenvalue weighted by molar-refractivity contribution is 6.33. The van der Waals surface area contributed by atoms with Gasteiger partial charge in [0.25, 0.3) is 5.60 Å². The van der Waals surface area contributed by atoms with Gasteiger partial charge in [-0.2, -0.15) is 0 Å². The summed E-state index contributed by atoms with van der Waals surface area (Å²) in [7, 11) is 1.61. The lowest BCUT2D eigenvalue weighted by Gasteiger charge is -2.36. The Morgan fingerprint density at radius 3 is 2.79 bits per heavy atom. The van der Waals surface area contributed by atoms with Crippen molar-refractivity contribution in [1.82, 2.24) is 16.0 Å². The average molecular weight is 711 g/mol. The first-order valence-electron chi connectivity index (χ1n) is 18.7. The maximum atomic E-state index is 14.7. The van der Waals surface area contributed by atoms with Crippen LogP contribution < -0.4 is 27.4 Å². The summed E-state index contributed by atoms with van der Waals surface area (Å²) >= 11 is 0. The number of carbonyl (C=O) groups excluding carboxylic acids is 3. The summed E-state index contributed by atoms with van der Waals surface area (Å²) < 4.78 is 12.4. The number of ketones is 2. The molecule has 0 aromatic heterocycles. The predicted octanol–water partition coefficient (Wildman–Crippen LogP) is 4.16. The molecule has 0 bridgehead atoms. The van der Waals surface area contributed by atoms with Gasteiger partial charge in [0.05, 0.1) is 18.5 Å². The SMILES string of the molecule is CCNC1C=C2C=CCCC2CC1COC(=O)C12OC1(CC=C(C)CC(NC(N)=NC)C1=CCNC(N)=C1)C(=O)c1cccc(CC(C)C)c1C2=O. The molecule has 11 nitrogen and oxygen atoms in total. The number of rotatable bonds is 13. The zero-order valence-corrected chi connectivity index (χ0v) is 31.1. The Morgan fingerprint density at radius 2 is 2.06 bits per heavy atom. The van der Waals surface area contributed by atoms with Gasteiger partial charge in [0.1, 0.15) is 0 Å². The van der Waals surface area contributed by atoms with Crippen LogP contribution in [0.25, 0.3) is 0 Å². The van der Waals surface area contributed by atoms with Crippen LogP contribution in [0.3, 0.4) is 0 Å². The van der Waals surface area contributed by atoms with E-state index in [1.54, 1.807) is 19.2 Å². The van der Waals surface area contributed by atoms with Crippen LogP contribution in [0.1, 0.15) is 86.1 Å². The van der Waals surface area contributed by atoms with Crippen molar-refractivity contribution in [2.24, 2.45) is 34.2 Å². The molecule has 11 heteroatoms. The Kier molecular flexibility index (Phi) is 10.9. The summed E-state index contributed by atoms with van der Waals surface area (Å²) in [4.78, 5) is 47.7. The molecule has 6 atom stereocenters. The highest BCUT2D eigenvalue weighted by Crippen LogP contribution is 2.59. The number of epoxide rings is 1. The van der Waals surface area contributed by atoms with E-state index in [0.29, 0.717) is 36.7 Å². The van der Waals surface area contributed by atoms with Gasteiger partial charge >= 0.3 is 5.97 Å². The van der Waals surface area contributed by atoms with Crippen molar-refractivity contribution in [2.45, 2.75) is 89.5 Å². The Balaban J connectivity index is 1.30. The van der Waals surface area contributed by atoms with E-state index < -0.39 is 23.0 Å².